The zero-order valence-electron chi connectivity index (χ0n) is 11.4. The van der Waals surface area contributed by atoms with Crippen molar-refractivity contribution in [3.8, 4) is 6.07 Å². The van der Waals surface area contributed by atoms with Crippen molar-refractivity contribution in [3.63, 3.8) is 0 Å². The number of pyridine rings is 1. The summed E-state index contributed by atoms with van der Waals surface area (Å²) in [6.07, 6.45) is 0.926. The van der Waals surface area contributed by atoms with Gasteiger partial charge >= 0.3 is 0 Å². The van der Waals surface area contributed by atoms with Crippen molar-refractivity contribution in [1.29, 1.82) is 5.26 Å². The zero-order chi connectivity index (χ0) is 15.6. The quantitative estimate of drug-likeness (QED) is 0.797. The Morgan fingerprint density at radius 1 is 1.29 bits per heavy atom. The van der Waals surface area contributed by atoms with Gasteiger partial charge in [0.05, 0.1) is 11.8 Å². The van der Waals surface area contributed by atoms with Crippen LogP contribution in [-0.4, -0.2) is 10.9 Å². The maximum absolute atomic E-state index is 13.5. The van der Waals surface area contributed by atoms with Crippen LogP contribution in [-0.2, 0) is 0 Å². The molecule has 106 valence electrons. The van der Waals surface area contributed by atoms with E-state index in [1.54, 1.807) is 26.0 Å². The van der Waals surface area contributed by atoms with Gasteiger partial charge in [-0.2, -0.15) is 10.4 Å². The summed E-state index contributed by atoms with van der Waals surface area (Å²) in [4.78, 5) is 12.1. The largest absolute Gasteiger partial charge is 0.289 e. The van der Waals surface area contributed by atoms with Crippen molar-refractivity contribution in [2.75, 3.05) is 0 Å². The van der Waals surface area contributed by atoms with Crippen LogP contribution in [0.2, 0.25) is 0 Å². The summed E-state index contributed by atoms with van der Waals surface area (Å²) in [5.74, 6) is -1.56. The molecule has 0 unspecified atom stereocenters. The summed E-state index contributed by atoms with van der Waals surface area (Å²) >= 11 is 0. The highest BCUT2D eigenvalue weighted by molar-refractivity contribution is 5.80. The lowest BCUT2D eigenvalue weighted by molar-refractivity contribution is 0.579. The van der Waals surface area contributed by atoms with Gasteiger partial charge in [-0.1, -0.05) is 6.07 Å². The van der Waals surface area contributed by atoms with E-state index >= 15 is 0 Å². The molecule has 0 amide bonds. The van der Waals surface area contributed by atoms with Crippen LogP contribution in [0.5, 0.6) is 0 Å². The first-order valence-electron chi connectivity index (χ1n) is 6.07. The Balaban J connectivity index is 2.58. The molecule has 0 fully saturated rings. The van der Waals surface area contributed by atoms with Crippen LogP contribution in [0.1, 0.15) is 22.4 Å². The van der Waals surface area contributed by atoms with Crippen molar-refractivity contribution < 1.29 is 8.78 Å². The molecule has 2 rings (SSSR count). The smallest absolute Gasteiger partial charge is 0.266 e. The maximum atomic E-state index is 13.5. The monoisotopic (exact) mass is 287 g/mol. The molecule has 0 radical (unpaired) electrons. The molecule has 2 aromatic rings. The molecule has 0 saturated carbocycles. The van der Waals surface area contributed by atoms with Crippen molar-refractivity contribution >= 4 is 6.21 Å². The number of benzene rings is 1. The van der Waals surface area contributed by atoms with Crippen molar-refractivity contribution in [2.45, 2.75) is 13.8 Å². The number of aromatic nitrogens is 1. The molecule has 21 heavy (non-hydrogen) atoms. The van der Waals surface area contributed by atoms with Gasteiger partial charge in [0.15, 0.2) is 0 Å². The second kappa shape index (κ2) is 5.67. The Bertz CT molecular complexity index is 812. The molecule has 1 heterocycles. The standard InChI is InChI=1S/C15H11F2N3O/c1-9-6-10(2)20(15(21)11(9)7-18)19-8-12-13(16)4-3-5-14(12)17/h3-6,8H,1-2H3/b19-8-. The van der Waals surface area contributed by atoms with Gasteiger partial charge in [-0.3, -0.25) is 4.79 Å². The van der Waals surface area contributed by atoms with Crippen LogP contribution < -0.4 is 5.56 Å². The van der Waals surface area contributed by atoms with Gasteiger partial charge in [-0.05, 0) is 37.6 Å². The highest BCUT2D eigenvalue weighted by Gasteiger charge is 2.10. The van der Waals surface area contributed by atoms with Gasteiger partial charge in [0, 0.05) is 5.69 Å². The van der Waals surface area contributed by atoms with Gasteiger partial charge in [0.1, 0.15) is 23.3 Å². The van der Waals surface area contributed by atoms with E-state index in [-0.39, 0.29) is 11.1 Å². The highest BCUT2D eigenvalue weighted by atomic mass is 19.1. The van der Waals surface area contributed by atoms with E-state index in [0.29, 0.717) is 11.3 Å². The molecule has 1 aromatic heterocycles. The van der Waals surface area contributed by atoms with Crippen LogP contribution in [0.4, 0.5) is 8.78 Å². The fourth-order valence-corrected chi connectivity index (χ4v) is 1.91. The molecular formula is C15H11F2N3O. The molecule has 0 spiro atoms. The van der Waals surface area contributed by atoms with E-state index in [4.69, 9.17) is 5.26 Å². The lowest BCUT2D eigenvalue weighted by Crippen LogP contribution is -2.22. The SMILES string of the molecule is Cc1cc(C)n(/N=C\c2c(F)cccc2F)c(=O)c1C#N. The number of aryl methyl sites for hydroxylation is 2. The third kappa shape index (κ3) is 2.72. The second-order valence-corrected chi connectivity index (χ2v) is 4.45. The first-order valence-corrected chi connectivity index (χ1v) is 6.07. The minimum absolute atomic E-state index is 0.0493. The Morgan fingerprint density at radius 2 is 1.90 bits per heavy atom. The normalized spacial score (nSPS) is 10.8. The van der Waals surface area contributed by atoms with E-state index in [9.17, 15) is 13.6 Å². The molecule has 0 atom stereocenters. The van der Waals surface area contributed by atoms with Crippen LogP contribution in [0.25, 0.3) is 0 Å². The van der Waals surface area contributed by atoms with Crippen LogP contribution >= 0.6 is 0 Å². The molecule has 0 aliphatic carbocycles. The Labute approximate surface area is 119 Å². The predicted molar refractivity (Wildman–Crippen MR) is 74.2 cm³/mol. The Hall–Kier alpha value is -2.81. The zero-order valence-corrected chi connectivity index (χ0v) is 11.4. The number of hydrogen-bond donors (Lipinski definition) is 0. The molecule has 4 nitrogen and oxygen atoms in total. The molecule has 0 aliphatic rings. The van der Waals surface area contributed by atoms with Crippen molar-refractivity contribution in [3.05, 3.63) is 68.6 Å². The summed E-state index contributed by atoms with van der Waals surface area (Å²) in [7, 11) is 0. The van der Waals surface area contributed by atoms with Crippen LogP contribution in [0.15, 0.2) is 34.2 Å². The minimum atomic E-state index is -0.780. The van der Waals surface area contributed by atoms with E-state index in [2.05, 4.69) is 5.10 Å². The second-order valence-electron chi connectivity index (χ2n) is 4.45. The average molecular weight is 287 g/mol. The fraction of sp³-hybridized carbons (Fsp3) is 0.133. The molecule has 1 aromatic carbocycles. The van der Waals surface area contributed by atoms with E-state index in [1.807, 2.05) is 0 Å². The number of rotatable bonds is 2. The maximum Gasteiger partial charge on any atom is 0.289 e. The summed E-state index contributed by atoms with van der Waals surface area (Å²) in [6, 6.07) is 6.82. The average Bonchev–Trinajstić information content (AvgIpc) is 2.41. The van der Waals surface area contributed by atoms with Gasteiger partial charge in [-0.15, -0.1) is 0 Å². The third-order valence-electron chi connectivity index (χ3n) is 2.97. The molecule has 0 aliphatic heterocycles. The topological polar surface area (TPSA) is 58.1 Å². The highest BCUT2D eigenvalue weighted by Crippen LogP contribution is 2.10. The number of hydrogen-bond acceptors (Lipinski definition) is 3. The molecule has 0 saturated heterocycles. The molecule has 0 bridgehead atoms. The van der Waals surface area contributed by atoms with Gasteiger partial charge in [-0.25, -0.2) is 13.5 Å². The lowest BCUT2D eigenvalue weighted by Gasteiger charge is -2.06. The third-order valence-corrected chi connectivity index (χ3v) is 2.97. The first kappa shape index (κ1) is 14.6. The number of nitrogens with zero attached hydrogens (tertiary/aromatic N) is 3. The number of halogens is 2. The molecule has 0 N–H and O–H groups in total. The minimum Gasteiger partial charge on any atom is -0.266 e. The van der Waals surface area contributed by atoms with Gasteiger partial charge in [0.2, 0.25) is 0 Å². The van der Waals surface area contributed by atoms with Gasteiger partial charge < -0.3 is 0 Å². The number of nitriles is 1. The van der Waals surface area contributed by atoms with Gasteiger partial charge in [0.25, 0.3) is 5.56 Å². The first-order chi connectivity index (χ1) is 9.95. The van der Waals surface area contributed by atoms with Crippen molar-refractivity contribution in [1.82, 2.24) is 4.68 Å². The summed E-state index contributed by atoms with van der Waals surface area (Å²) < 4.78 is 27.9. The summed E-state index contributed by atoms with van der Waals surface area (Å²) in [6.45, 7) is 3.25. The Morgan fingerprint density at radius 3 is 2.48 bits per heavy atom. The summed E-state index contributed by atoms with van der Waals surface area (Å²) in [5, 5.41) is 12.7. The van der Waals surface area contributed by atoms with E-state index in [1.165, 1.54) is 6.07 Å². The predicted octanol–water partition coefficient (Wildman–Crippen LogP) is 2.50. The van der Waals surface area contributed by atoms with Crippen LogP contribution in [0, 0.1) is 36.8 Å². The molecule has 6 heteroatoms. The molecular weight excluding hydrogens is 276 g/mol. The fourth-order valence-electron chi connectivity index (χ4n) is 1.91. The van der Waals surface area contributed by atoms with E-state index < -0.39 is 17.2 Å². The van der Waals surface area contributed by atoms with Crippen molar-refractivity contribution in [2.24, 2.45) is 5.10 Å². The summed E-state index contributed by atoms with van der Waals surface area (Å²) in [5.41, 5.74) is -0.0225. The lowest BCUT2D eigenvalue weighted by atomic mass is 10.1. The van der Waals surface area contributed by atoms with Crippen LogP contribution in [0.3, 0.4) is 0 Å². The Kier molecular flexibility index (Phi) is 3.94. The van der Waals surface area contributed by atoms with E-state index in [0.717, 1.165) is 23.0 Å².